The Hall–Kier alpha value is 0.310. The van der Waals surface area contributed by atoms with Crippen LogP contribution in [0, 0.1) is 11.3 Å². The van der Waals surface area contributed by atoms with E-state index < -0.39 is 0 Å². The van der Waals surface area contributed by atoms with Crippen LogP contribution in [0.1, 0.15) is 72.6 Å². The monoisotopic (exact) mass is 283 g/mol. The molecule has 1 nitrogen and oxygen atoms in total. The summed E-state index contributed by atoms with van der Waals surface area (Å²) in [6.07, 6.45) is 9.81. The van der Waals surface area contributed by atoms with Crippen LogP contribution in [0.2, 0.25) is 0 Å². The minimum absolute atomic E-state index is 0.527. The first-order valence-corrected chi connectivity index (χ1v) is 9.31. The molecule has 1 saturated heterocycles. The van der Waals surface area contributed by atoms with E-state index in [4.69, 9.17) is 0 Å². The van der Waals surface area contributed by atoms with E-state index in [0.717, 1.165) is 12.0 Å². The van der Waals surface area contributed by atoms with Gasteiger partial charge in [-0.25, -0.2) is 0 Å². The second kappa shape index (κ2) is 6.39. The molecule has 1 aliphatic heterocycles. The molecule has 2 rings (SSSR count). The fourth-order valence-corrected chi connectivity index (χ4v) is 4.96. The maximum atomic E-state index is 3.87. The molecule has 0 amide bonds. The minimum Gasteiger partial charge on any atom is -0.313 e. The Morgan fingerprint density at radius 3 is 2.42 bits per heavy atom. The summed E-state index contributed by atoms with van der Waals surface area (Å²) >= 11 is 2.18. The van der Waals surface area contributed by atoms with Crippen LogP contribution in [0.15, 0.2) is 0 Å². The Morgan fingerprint density at radius 2 is 1.89 bits per heavy atom. The highest BCUT2D eigenvalue weighted by molar-refractivity contribution is 8.00. The number of hydrogen-bond donors (Lipinski definition) is 1. The van der Waals surface area contributed by atoms with E-state index >= 15 is 0 Å². The molecular weight excluding hydrogens is 250 g/mol. The molecule has 1 atom stereocenters. The number of nitrogens with one attached hydrogen (secondary N) is 1. The molecule has 0 radical (unpaired) electrons. The van der Waals surface area contributed by atoms with E-state index in [1.165, 1.54) is 57.2 Å². The molecule has 1 N–H and O–H groups in total. The van der Waals surface area contributed by atoms with Crippen molar-refractivity contribution >= 4 is 11.8 Å². The van der Waals surface area contributed by atoms with Gasteiger partial charge in [0.15, 0.2) is 0 Å². The number of hydrogen-bond acceptors (Lipinski definition) is 2. The van der Waals surface area contributed by atoms with Gasteiger partial charge in [-0.3, -0.25) is 0 Å². The number of rotatable bonds is 5. The molecule has 1 saturated carbocycles. The highest BCUT2D eigenvalue weighted by atomic mass is 32.2. The summed E-state index contributed by atoms with van der Waals surface area (Å²) in [4.78, 5) is 0. The predicted molar refractivity (Wildman–Crippen MR) is 87.9 cm³/mol. The van der Waals surface area contributed by atoms with E-state index in [9.17, 15) is 0 Å². The van der Waals surface area contributed by atoms with Crippen LogP contribution >= 0.6 is 11.8 Å². The average molecular weight is 284 g/mol. The maximum Gasteiger partial charge on any atom is 0.0256 e. The molecule has 2 heteroatoms. The van der Waals surface area contributed by atoms with Crippen LogP contribution in [-0.2, 0) is 0 Å². The molecule has 0 aromatic rings. The number of thioether (sulfide) groups is 1. The summed E-state index contributed by atoms with van der Waals surface area (Å²) in [6, 6.07) is 0.793. The van der Waals surface area contributed by atoms with Crippen LogP contribution in [-0.4, -0.2) is 23.1 Å². The average Bonchev–Trinajstić information content (AvgIpc) is 2.84. The standard InChI is InChI=1S/C17H33NS/c1-5-16(2,3)14-7-9-15(10-8-14)18-13-17(4)11-6-12-19-17/h14-15,18H,5-13H2,1-4H3. The van der Waals surface area contributed by atoms with E-state index in [0.29, 0.717) is 10.2 Å². The summed E-state index contributed by atoms with van der Waals surface area (Å²) in [5, 5.41) is 3.87. The zero-order valence-corrected chi connectivity index (χ0v) is 14.2. The van der Waals surface area contributed by atoms with Gasteiger partial charge in [0.25, 0.3) is 0 Å². The third kappa shape index (κ3) is 4.14. The van der Waals surface area contributed by atoms with Crippen molar-refractivity contribution in [3.05, 3.63) is 0 Å². The van der Waals surface area contributed by atoms with Crippen molar-refractivity contribution in [3.8, 4) is 0 Å². The summed E-state index contributed by atoms with van der Waals surface area (Å²) in [5.74, 6) is 2.32. The molecule has 2 aliphatic rings. The molecule has 0 aromatic heterocycles. The summed E-state index contributed by atoms with van der Waals surface area (Å²) < 4.78 is 0.527. The van der Waals surface area contributed by atoms with E-state index in [1.807, 2.05) is 0 Å². The van der Waals surface area contributed by atoms with E-state index in [1.54, 1.807) is 0 Å². The SMILES string of the molecule is CCC(C)(C)C1CCC(NCC2(C)CCCS2)CC1. The lowest BCUT2D eigenvalue weighted by Gasteiger charge is -2.39. The fourth-order valence-electron chi connectivity index (χ4n) is 3.70. The highest BCUT2D eigenvalue weighted by Gasteiger charge is 2.33. The van der Waals surface area contributed by atoms with Gasteiger partial charge in [0.05, 0.1) is 0 Å². The quantitative estimate of drug-likeness (QED) is 0.773. The van der Waals surface area contributed by atoms with Gasteiger partial charge in [0.1, 0.15) is 0 Å². The van der Waals surface area contributed by atoms with Gasteiger partial charge in [-0.05, 0) is 62.5 Å². The Labute approximate surface area is 124 Å². The van der Waals surface area contributed by atoms with Crippen molar-refractivity contribution in [1.29, 1.82) is 0 Å². The molecule has 1 unspecified atom stereocenters. The Kier molecular flexibility index (Phi) is 5.28. The van der Waals surface area contributed by atoms with Gasteiger partial charge < -0.3 is 5.32 Å². The summed E-state index contributed by atoms with van der Waals surface area (Å²) in [5.41, 5.74) is 0.554. The van der Waals surface area contributed by atoms with E-state index in [-0.39, 0.29) is 0 Å². The van der Waals surface area contributed by atoms with Crippen molar-refractivity contribution in [2.24, 2.45) is 11.3 Å². The van der Waals surface area contributed by atoms with Crippen molar-refractivity contribution in [2.45, 2.75) is 83.4 Å². The first-order valence-electron chi connectivity index (χ1n) is 8.32. The third-order valence-corrected chi connectivity index (χ3v) is 7.35. The summed E-state index contributed by atoms with van der Waals surface area (Å²) in [6.45, 7) is 10.9. The lowest BCUT2D eigenvalue weighted by molar-refractivity contribution is 0.136. The van der Waals surface area contributed by atoms with Crippen LogP contribution in [0.4, 0.5) is 0 Å². The Morgan fingerprint density at radius 1 is 1.21 bits per heavy atom. The zero-order chi connectivity index (χ0) is 13.9. The Balaban J connectivity index is 1.72. The van der Waals surface area contributed by atoms with Gasteiger partial charge in [-0.2, -0.15) is 11.8 Å². The van der Waals surface area contributed by atoms with Crippen LogP contribution in [0.25, 0.3) is 0 Å². The molecule has 0 aromatic carbocycles. The molecule has 112 valence electrons. The third-order valence-electron chi connectivity index (χ3n) is 5.81. The van der Waals surface area contributed by atoms with Gasteiger partial charge in [-0.1, -0.05) is 27.2 Å². The van der Waals surface area contributed by atoms with Crippen molar-refractivity contribution < 1.29 is 0 Å². The molecule has 0 spiro atoms. The van der Waals surface area contributed by atoms with Crippen molar-refractivity contribution in [2.75, 3.05) is 12.3 Å². The smallest absolute Gasteiger partial charge is 0.0256 e. The largest absolute Gasteiger partial charge is 0.313 e. The summed E-state index contributed by atoms with van der Waals surface area (Å²) in [7, 11) is 0. The molecule has 0 bridgehead atoms. The molecular formula is C17H33NS. The normalized spacial score (nSPS) is 36.6. The second-order valence-corrected chi connectivity index (χ2v) is 9.36. The van der Waals surface area contributed by atoms with Gasteiger partial charge >= 0.3 is 0 Å². The lowest BCUT2D eigenvalue weighted by Crippen LogP contribution is -2.42. The lowest BCUT2D eigenvalue weighted by atomic mass is 9.69. The van der Waals surface area contributed by atoms with Crippen LogP contribution in [0.3, 0.4) is 0 Å². The second-order valence-electron chi connectivity index (χ2n) is 7.67. The van der Waals surface area contributed by atoms with Gasteiger partial charge in [0, 0.05) is 17.3 Å². The first-order chi connectivity index (χ1) is 8.95. The van der Waals surface area contributed by atoms with Gasteiger partial charge in [-0.15, -0.1) is 0 Å². The topological polar surface area (TPSA) is 12.0 Å². The zero-order valence-electron chi connectivity index (χ0n) is 13.4. The van der Waals surface area contributed by atoms with Crippen molar-refractivity contribution in [1.82, 2.24) is 5.32 Å². The van der Waals surface area contributed by atoms with Crippen LogP contribution in [0.5, 0.6) is 0 Å². The fraction of sp³-hybridized carbons (Fsp3) is 1.00. The van der Waals surface area contributed by atoms with Crippen molar-refractivity contribution in [3.63, 3.8) is 0 Å². The molecule has 19 heavy (non-hydrogen) atoms. The van der Waals surface area contributed by atoms with E-state index in [2.05, 4.69) is 44.8 Å². The first kappa shape index (κ1) is 15.7. The molecule has 2 fully saturated rings. The highest BCUT2D eigenvalue weighted by Crippen LogP contribution is 2.41. The Bertz CT molecular complexity index is 273. The molecule has 1 heterocycles. The maximum absolute atomic E-state index is 3.87. The minimum atomic E-state index is 0.527. The predicted octanol–water partition coefficient (Wildman–Crippen LogP) is 4.86. The van der Waals surface area contributed by atoms with Crippen LogP contribution < -0.4 is 5.32 Å². The van der Waals surface area contributed by atoms with Gasteiger partial charge in [0.2, 0.25) is 0 Å². The molecule has 1 aliphatic carbocycles.